The summed E-state index contributed by atoms with van der Waals surface area (Å²) in [6.45, 7) is 2.19. The maximum Gasteiger partial charge on any atom is 0.0613 e. The van der Waals surface area contributed by atoms with Crippen molar-refractivity contribution < 1.29 is 4.74 Å². The monoisotopic (exact) mass is 103 g/mol. The molecule has 0 saturated heterocycles. The van der Waals surface area contributed by atoms with Crippen molar-refractivity contribution in [1.82, 2.24) is 0 Å². The lowest BCUT2D eigenvalue weighted by Gasteiger charge is -1.88. The minimum absolute atomic E-state index is 0.596. The van der Waals surface area contributed by atoms with Crippen LogP contribution in [-0.4, -0.2) is 22.9 Å². The zero-order chi connectivity index (χ0) is 4.83. The molecule has 0 atom stereocenters. The zero-order valence-electron chi connectivity index (χ0n) is 4.40. The summed E-state index contributed by atoms with van der Waals surface area (Å²) in [6.07, 6.45) is 0.997. The molecule has 0 aromatic heterocycles. The van der Waals surface area contributed by atoms with Crippen molar-refractivity contribution in [3.05, 3.63) is 0 Å². The molecule has 1 nitrogen and oxygen atoms in total. The predicted octanol–water partition coefficient (Wildman–Crippen LogP) is 0.465. The van der Waals surface area contributed by atoms with E-state index < -0.39 is 0 Å². The molecule has 0 aromatic rings. The van der Waals surface area contributed by atoms with E-state index in [2.05, 4.69) is 6.92 Å². The van der Waals surface area contributed by atoms with Crippen molar-refractivity contribution in [3.8, 4) is 0 Å². The highest BCUT2D eigenvalue weighted by Gasteiger charge is 1.76. The standard InChI is InChI=1S/C4H11OSi/c1-3-6-4-5-2/h6H,3-4H2,1-2H3. The number of methoxy groups -OCH3 is 1. The van der Waals surface area contributed by atoms with Crippen molar-refractivity contribution in [2.75, 3.05) is 13.3 Å². The highest BCUT2D eigenvalue weighted by atomic mass is 28.2. The second-order valence-electron chi connectivity index (χ2n) is 1.15. The summed E-state index contributed by atoms with van der Waals surface area (Å²) in [4.78, 5) is 0. The van der Waals surface area contributed by atoms with Crippen LogP contribution in [0.2, 0.25) is 6.04 Å². The van der Waals surface area contributed by atoms with Gasteiger partial charge < -0.3 is 4.74 Å². The van der Waals surface area contributed by atoms with Gasteiger partial charge in [0.05, 0.1) is 9.52 Å². The van der Waals surface area contributed by atoms with Crippen LogP contribution < -0.4 is 0 Å². The average Bonchev–Trinajstić information content (AvgIpc) is 1.61. The highest BCUT2D eigenvalue weighted by Crippen LogP contribution is 1.71. The maximum atomic E-state index is 4.82. The van der Waals surface area contributed by atoms with E-state index in [4.69, 9.17) is 4.74 Å². The molecule has 0 unspecified atom stereocenters. The first kappa shape index (κ1) is 6.18. The molecule has 0 bridgehead atoms. The summed E-state index contributed by atoms with van der Waals surface area (Å²) in [7, 11) is 2.35. The highest BCUT2D eigenvalue weighted by molar-refractivity contribution is 6.34. The Morgan fingerprint density at radius 1 is 1.67 bits per heavy atom. The average molecular weight is 103 g/mol. The summed E-state index contributed by atoms with van der Waals surface area (Å²) < 4.78 is 4.82. The largest absolute Gasteiger partial charge is 0.389 e. The lowest BCUT2D eigenvalue weighted by atomic mass is 11.0. The second kappa shape index (κ2) is 5.18. The van der Waals surface area contributed by atoms with Crippen molar-refractivity contribution in [1.29, 1.82) is 0 Å². The normalized spacial score (nSPS) is 9.00. The first-order valence-electron chi connectivity index (χ1n) is 2.22. The summed E-state index contributed by atoms with van der Waals surface area (Å²) >= 11 is 0. The quantitative estimate of drug-likeness (QED) is 0.372. The van der Waals surface area contributed by atoms with Crippen molar-refractivity contribution in [3.63, 3.8) is 0 Å². The van der Waals surface area contributed by atoms with Crippen molar-refractivity contribution in [2.24, 2.45) is 0 Å². The molecule has 0 aliphatic heterocycles. The Hall–Kier alpha value is 0.177. The topological polar surface area (TPSA) is 9.23 Å². The van der Waals surface area contributed by atoms with Crippen LogP contribution in [0, 0.1) is 0 Å². The fraction of sp³-hybridized carbons (Fsp3) is 1.00. The van der Waals surface area contributed by atoms with Crippen LogP contribution in [0.4, 0.5) is 0 Å². The van der Waals surface area contributed by atoms with Crippen LogP contribution in [0.3, 0.4) is 0 Å². The van der Waals surface area contributed by atoms with Gasteiger partial charge in [0.25, 0.3) is 0 Å². The molecule has 0 fully saturated rings. The van der Waals surface area contributed by atoms with E-state index in [0.717, 1.165) is 6.23 Å². The van der Waals surface area contributed by atoms with Crippen molar-refractivity contribution >= 4 is 9.52 Å². The third-order valence-electron chi connectivity index (χ3n) is 0.573. The molecule has 0 amide bonds. The van der Waals surface area contributed by atoms with E-state index in [-0.39, 0.29) is 0 Å². The van der Waals surface area contributed by atoms with Crippen molar-refractivity contribution in [2.45, 2.75) is 13.0 Å². The van der Waals surface area contributed by atoms with Gasteiger partial charge in [-0.3, -0.25) is 0 Å². The van der Waals surface area contributed by atoms with E-state index in [1.807, 2.05) is 0 Å². The molecule has 0 N–H and O–H groups in total. The van der Waals surface area contributed by atoms with Gasteiger partial charge in [-0.2, -0.15) is 0 Å². The molecule has 0 spiro atoms. The third-order valence-corrected chi connectivity index (χ3v) is 1.72. The lowest BCUT2D eigenvalue weighted by Crippen LogP contribution is -1.96. The molecule has 0 aromatic carbocycles. The molecule has 37 valence electrons. The molecule has 0 aliphatic carbocycles. The van der Waals surface area contributed by atoms with Gasteiger partial charge in [-0.15, -0.1) is 0 Å². The van der Waals surface area contributed by atoms with Gasteiger partial charge in [-0.25, -0.2) is 0 Å². The molecule has 1 radical (unpaired) electrons. The van der Waals surface area contributed by atoms with Crippen LogP contribution in [0.15, 0.2) is 0 Å². The van der Waals surface area contributed by atoms with Crippen LogP contribution in [0.1, 0.15) is 6.92 Å². The Morgan fingerprint density at radius 3 is 2.50 bits per heavy atom. The van der Waals surface area contributed by atoms with E-state index in [1.54, 1.807) is 7.11 Å². The van der Waals surface area contributed by atoms with Crippen LogP contribution >= 0.6 is 0 Å². The summed E-state index contributed by atoms with van der Waals surface area (Å²) in [5.74, 6) is 0. The summed E-state index contributed by atoms with van der Waals surface area (Å²) in [5, 5.41) is 0. The van der Waals surface area contributed by atoms with Gasteiger partial charge in [-0.1, -0.05) is 13.0 Å². The molecule has 0 heterocycles. The molecular formula is C4H11OSi. The Bertz CT molecular complexity index is 19.5. The predicted molar refractivity (Wildman–Crippen MR) is 29.5 cm³/mol. The molecular weight excluding hydrogens is 92.1 g/mol. The number of ether oxygens (including phenoxy) is 1. The lowest BCUT2D eigenvalue weighted by molar-refractivity contribution is 0.251. The minimum atomic E-state index is 0.596. The first-order chi connectivity index (χ1) is 2.91. The van der Waals surface area contributed by atoms with Gasteiger partial charge >= 0.3 is 0 Å². The van der Waals surface area contributed by atoms with Gasteiger partial charge in [0.15, 0.2) is 0 Å². The number of hydrogen-bond acceptors (Lipinski definition) is 1. The van der Waals surface area contributed by atoms with E-state index in [0.29, 0.717) is 9.52 Å². The SMILES string of the molecule is CC[SiH]COC. The molecule has 2 heteroatoms. The molecule has 0 rings (SSSR count). The Balaban J connectivity index is 2.34. The number of rotatable bonds is 3. The second-order valence-corrected chi connectivity index (χ2v) is 2.88. The van der Waals surface area contributed by atoms with E-state index in [9.17, 15) is 0 Å². The minimum Gasteiger partial charge on any atom is -0.389 e. The van der Waals surface area contributed by atoms with E-state index >= 15 is 0 Å². The van der Waals surface area contributed by atoms with Gasteiger partial charge in [0, 0.05) is 13.3 Å². The van der Waals surface area contributed by atoms with E-state index in [1.165, 1.54) is 6.04 Å². The fourth-order valence-electron chi connectivity index (χ4n) is 0.236. The number of hydrogen-bond donors (Lipinski definition) is 0. The van der Waals surface area contributed by atoms with Gasteiger partial charge in [0.2, 0.25) is 0 Å². The Morgan fingerprint density at radius 2 is 2.33 bits per heavy atom. The summed E-state index contributed by atoms with van der Waals surface area (Å²) in [6, 6.07) is 1.31. The Labute approximate surface area is 41.5 Å². The first-order valence-corrected chi connectivity index (χ1v) is 3.85. The maximum absolute atomic E-state index is 4.82. The molecule has 0 aliphatic rings. The van der Waals surface area contributed by atoms with Gasteiger partial charge in [-0.05, 0) is 0 Å². The van der Waals surface area contributed by atoms with Crippen LogP contribution in [-0.2, 0) is 4.74 Å². The fourth-order valence-corrected chi connectivity index (χ4v) is 0.707. The third kappa shape index (κ3) is 4.18. The summed E-state index contributed by atoms with van der Waals surface area (Å²) in [5.41, 5.74) is 0. The van der Waals surface area contributed by atoms with Crippen LogP contribution in [0.25, 0.3) is 0 Å². The Kier molecular flexibility index (Phi) is 5.33. The smallest absolute Gasteiger partial charge is 0.0613 e. The molecule has 0 saturated carbocycles. The van der Waals surface area contributed by atoms with Crippen LogP contribution in [0.5, 0.6) is 0 Å². The zero-order valence-corrected chi connectivity index (χ0v) is 5.55. The van der Waals surface area contributed by atoms with Gasteiger partial charge in [0.1, 0.15) is 0 Å². The molecule has 6 heavy (non-hydrogen) atoms.